The molecule has 11 heteroatoms. The van der Waals surface area contributed by atoms with Crippen LogP contribution in [0.25, 0.3) is 6.08 Å². The highest BCUT2D eigenvalue weighted by Gasteiger charge is 2.34. The number of anilines is 1. The Labute approximate surface area is 222 Å². The second kappa shape index (κ2) is 9.80. The maximum Gasteiger partial charge on any atom is 0.338 e. The van der Waals surface area contributed by atoms with Crippen LogP contribution in [0.5, 0.6) is 11.5 Å². The van der Waals surface area contributed by atoms with Gasteiger partial charge in [-0.25, -0.2) is 9.79 Å². The van der Waals surface area contributed by atoms with Crippen LogP contribution in [0.15, 0.2) is 55.8 Å². The first kappa shape index (κ1) is 24.5. The molecular weight excluding hydrogens is 508 g/mol. The van der Waals surface area contributed by atoms with Gasteiger partial charge in [-0.1, -0.05) is 17.4 Å². The number of hydrogen-bond donors (Lipinski definition) is 0. The summed E-state index contributed by atoms with van der Waals surface area (Å²) < 4.78 is 24.5. The number of thiazole rings is 1. The molecule has 38 heavy (non-hydrogen) atoms. The van der Waals surface area contributed by atoms with Crippen LogP contribution in [0.3, 0.4) is 0 Å². The van der Waals surface area contributed by atoms with E-state index in [1.54, 1.807) is 36.6 Å². The fourth-order valence-electron chi connectivity index (χ4n) is 4.94. The summed E-state index contributed by atoms with van der Waals surface area (Å²) in [5.41, 5.74) is 1.27. The average molecular weight is 537 g/mol. The van der Waals surface area contributed by atoms with Gasteiger partial charge >= 0.3 is 5.97 Å². The van der Waals surface area contributed by atoms with E-state index in [1.807, 2.05) is 18.2 Å². The Balaban J connectivity index is 1.43. The molecular formula is C27H28N4O6S. The topological polar surface area (TPSA) is 98.7 Å². The monoisotopic (exact) mass is 536 g/mol. The number of likely N-dealkylation sites (N-methyl/N-ethyl adjacent to an activating group) is 1. The number of piperazine rings is 1. The Hall–Kier alpha value is -3.83. The Bertz CT molecular complexity index is 1610. The number of benzene rings is 1. The van der Waals surface area contributed by atoms with Crippen molar-refractivity contribution >= 4 is 29.3 Å². The van der Waals surface area contributed by atoms with Crippen LogP contribution in [-0.4, -0.2) is 62.1 Å². The van der Waals surface area contributed by atoms with Gasteiger partial charge in [0.25, 0.3) is 5.56 Å². The number of furan rings is 1. The van der Waals surface area contributed by atoms with Gasteiger partial charge in [0.2, 0.25) is 6.79 Å². The van der Waals surface area contributed by atoms with Crippen molar-refractivity contribution in [2.75, 3.05) is 51.5 Å². The van der Waals surface area contributed by atoms with Crippen LogP contribution in [0.1, 0.15) is 31.2 Å². The molecule has 198 valence electrons. The van der Waals surface area contributed by atoms with Crippen LogP contribution in [0.2, 0.25) is 0 Å². The first-order valence-corrected chi connectivity index (χ1v) is 13.4. The number of allylic oxidation sites excluding steroid dienone is 1. The number of carbonyl (C=O) groups is 1. The van der Waals surface area contributed by atoms with E-state index in [0.717, 1.165) is 32.1 Å². The van der Waals surface area contributed by atoms with Gasteiger partial charge in [-0.05, 0) is 44.7 Å². The molecule has 0 bridgehead atoms. The van der Waals surface area contributed by atoms with Crippen molar-refractivity contribution in [2.24, 2.45) is 4.99 Å². The lowest BCUT2D eigenvalue weighted by Gasteiger charge is -2.32. The molecule has 1 fully saturated rings. The maximum atomic E-state index is 13.8. The Morgan fingerprint density at radius 3 is 2.74 bits per heavy atom. The largest absolute Gasteiger partial charge is 0.463 e. The summed E-state index contributed by atoms with van der Waals surface area (Å²) in [5, 5.41) is 0. The molecule has 1 atom stereocenters. The zero-order valence-corrected chi connectivity index (χ0v) is 22.2. The fraction of sp³-hybridized carbons (Fsp3) is 0.370. The summed E-state index contributed by atoms with van der Waals surface area (Å²) in [6.07, 6.45) is 1.74. The van der Waals surface area contributed by atoms with Crippen LogP contribution >= 0.6 is 11.3 Å². The molecule has 1 aromatic carbocycles. The zero-order chi connectivity index (χ0) is 26.4. The number of carbonyl (C=O) groups excluding carboxylic acids is 1. The van der Waals surface area contributed by atoms with Crippen molar-refractivity contribution in [1.29, 1.82) is 0 Å². The van der Waals surface area contributed by atoms with E-state index in [0.29, 0.717) is 43.4 Å². The number of hydrogen-bond acceptors (Lipinski definition) is 10. The fourth-order valence-corrected chi connectivity index (χ4v) is 5.96. The minimum absolute atomic E-state index is 0.125. The van der Waals surface area contributed by atoms with Gasteiger partial charge in [-0.15, -0.1) is 0 Å². The molecule has 1 unspecified atom stereocenters. The third kappa shape index (κ3) is 4.31. The van der Waals surface area contributed by atoms with E-state index >= 15 is 0 Å². The molecule has 3 aromatic rings. The van der Waals surface area contributed by atoms with Gasteiger partial charge < -0.3 is 28.4 Å². The van der Waals surface area contributed by atoms with Crippen LogP contribution in [-0.2, 0) is 9.53 Å². The summed E-state index contributed by atoms with van der Waals surface area (Å²) in [6.45, 7) is 7.56. The second-order valence-electron chi connectivity index (χ2n) is 9.38. The molecule has 0 radical (unpaired) electrons. The lowest BCUT2D eigenvalue weighted by atomic mass is 9.95. The van der Waals surface area contributed by atoms with E-state index in [4.69, 9.17) is 18.6 Å². The SMILES string of the molecule is CCOC(=O)C1=C(C)N=c2sc(=Cc3ccc(N4CCN(C)CC4)o3)c(=O)n2C1c1ccc2c(c1)OCO2. The number of esters is 1. The molecule has 3 aliphatic rings. The summed E-state index contributed by atoms with van der Waals surface area (Å²) >= 11 is 1.26. The summed E-state index contributed by atoms with van der Waals surface area (Å²) in [6, 6.07) is 8.51. The van der Waals surface area contributed by atoms with Gasteiger partial charge in [-0.3, -0.25) is 9.36 Å². The zero-order valence-electron chi connectivity index (χ0n) is 21.4. The molecule has 5 heterocycles. The molecule has 0 amide bonds. The smallest absolute Gasteiger partial charge is 0.338 e. The highest BCUT2D eigenvalue weighted by molar-refractivity contribution is 7.07. The van der Waals surface area contributed by atoms with Gasteiger partial charge in [0.15, 0.2) is 22.2 Å². The average Bonchev–Trinajstić information content (AvgIpc) is 3.63. The predicted molar refractivity (Wildman–Crippen MR) is 141 cm³/mol. The number of fused-ring (bicyclic) bond motifs is 2. The third-order valence-electron chi connectivity index (χ3n) is 6.93. The quantitative estimate of drug-likeness (QED) is 0.456. The summed E-state index contributed by atoms with van der Waals surface area (Å²) in [7, 11) is 2.11. The van der Waals surface area contributed by atoms with E-state index in [2.05, 4.69) is 21.8 Å². The molecule has 0 spiro atoms. The number of ether oxygens (including phenoxy) is 3. The van der Waals surface area contributed by atoms with E-state index in [9.17, 15) is 9.59 Å². The molecule has 3 aliphatic heterocycles. The van der Waals surface area contributed by atoms with Crippen molar-refractivity contribution in [3.63, 3.8) is 0 Å². The highest BCUT2D eigenvalue weighted by Crippen LogP contribution is 2.38. The van der Waals surface area contributed by atoms with Crippen LogP contribution < -0.4 is 29.3 Å². The first-order chi connectivity index (χ1) is 18.4. The van der Waals surface area contributed by atoms with E-state index in [1.165, 1.54) is 11.3 Å². The molecule has 0 aliphatic carbocycles. The maximum absolute atomic E-state index is 13.8. The van der Waals surface area contributed by atoms with Crippen molar-refractivity contribution in [3.8, 4) is 11.5 Å². The van der Waals surface area contributed by atoms with E-state index < -0.39 is 12.0 Å². The van der Waals surface area contributed by atoms with Gasteiger partial charge in [-0.2, -0.15) is 0 Å². The minimum Gasteiger partial charge on any atom is -0.463 e. The summed E-state index contributed by atoms with van der Waals surface area (Å²) in [5.74, 6) is 2.05. The van der Waals surface area contributed by atoms with Gasteiger partial charge in [0.05, 0.1) is 28.5 Å². The van der Waals surface area contributed by atoms with Crippen molar-refractivity contribution in [1.82, 2.24) is 9.47 Å². The predicted octanol–water partition coefficient (Wildman–Crippen LogP) is 1.87. The lowest BCUT2D eigenvalue weighted by Crippen LogP contribution is -2.44. The highest BCUT2D eigenvalue weighted by atomic mass is 32.1. The van der Waals surface area contributed by atoms with Crippen LogP contribution in [0, 0.1) is 0 Å². The third-order valence-corrected chi connectivity index (χ3v) is 7.91. The molecule has 10 nitrogen and oxygen atoms in total. The minimum atomic E-state index is -0.723. The Morgan fingerprint density at radius 2 is 1.95 bits per heavy atom. The molecule has 0 saturated carbocycles. The van der Waals surface area contributed by atoms with Gasteiger partial charge in [0.1, 0.15) is 5.76 Å². The van der Waals surface area contributed by atoms with Crippen molar-refractivity contribution in [3.05, 3.63) is 72.6 Å². The molecule has 2 aromatic heterocycles. The number of aromatic nitrogens is 1. The first-order valence-electron chi connectivity index (χ1n) is 12.6. The molecule has 1 saturated heterocycles. The molecule has 0 N–H and O–H groups in total. The Morgan fingerprint density at radius 1 is 1.16 bits per heavy atom. The van der Waals surface area contributed by atoms with Crippen LogP contribution in [0.4, 0.5) is 5.88 Å². The normalized spacial score (nSPS) is 19.5. The standard InChI is InChI=1S/C27H28N4O6S/c1-4-34-26(33)23-16(2)28-27-31(24(23)17-5-7-19-20(13-17)36-15-35-19)25(32)21(38-27)14-18-6-8-22(37-18)30-11-9-29(3)10-12-30/h5-8,13-14,24H,4,9-12,15H2,1-3H3. The Kier molecular flexibility index (Phi) is 6.32. The van der Waals surface area contributed by atoms with E-state index in [-0.39, 0.29) is 19.0 Å². The van der Waals surface area contributed by atoms with Crippen molar-refractivity contribution in [2.45, 2.75) is 19.9 Å². The number of rotatable bonds is 5. The molecule has 6 rings (SSSR count). The van der Waals surface area contributed by atoms with Crippen molar-refractivity contribution < 1.29 is 23.4 Å². The summed E-state index contributed by atoms with van der Waals surface area (Å²) in [4.78, 5) is 36.5. The lowest BCUT2D eigenvalue weighted by molar-refractivity contribution is -0.139. The second-order valence-corrected chi connectivity index (χ2v) is 10.4. The number of nitrogens with zero attached hydrogens (tertiary/aromatic N) is 4. The van der Waals surface area contributed by atoms with Gasteiger partial charge in [0, 0.05) is 38.3 Å².